The van der Waals surface area contributed by atoms with Crippen molar-refractivity contribution in [1.82, 2.24) is 24.6 Å². The molecule has 0 saturated carbocycles. The standard InChI is InChI=1S/C20H24N6OS/c1-14-22-19(25(2)24-14)11-26-9-3-4-16(10-26)20(27)23-17-7-5-15(6-8-17)18-12-28-13-21-18/h5-8,12-13,16H,3-4,9-11H2,1-2H3,(H,23,27). The summed E-state index contributed by atoms with van der Waals surface area (Å²) in [5, 5.41) is 9.39. The molecule has 1 aliphatic rings. The summed E-state index contributed by atoms with van der Waals surface area (Å²) < 4.78 is 1.82. The number of anilines is 1. The van der Waals surface area contributed by atoms with Gasteiger partial charge in [-0.05, 0) is 38.4 Å². The molecule has 1 aliphatic heterocycles. The number of benzene rings is 1. The molecule has 0 radical (unpaired) electrons. The molecule has 2 aromatic heterocycles. The van der Waals surface area contributed by atoms with Crippen molar-refractivity contribution in [3.05, 3.63) is 46.8 Å². The SMILES string of the molecule is Cc1nc(CN2CCCC(C(=O)Nc3ccc(-c4cscn4)cc3)C2)n(C)n1. The molecule has 0 aliphatic carbocycles. The molecule has 3 heterocycles. The Kier molecular flexibility index (Phi) is 5.50. The number of nitrogens with zero attached hydrogens (tertiary/aromatic N) is 5. The van der Waals surface area contributed by atoms with Gasteiger partial charge in [0.05, 0.1) is 23.7 Å². The number of carbonyl (C=O) groups is 1. The topological polar surface area (TPSA) is 75.9 Å². The first-order valence-corrected chi connectivity index (χ1v) is 10.4. The van der Waals surface area contributed by atoms with E-state index < -0.39 is 0 Å². The molecule has 1 N–H and O–H groups in total. The number of aryl methyl sites for hydroxylation is 2. The number of nitrogens with one attached hydrogen (secondary N) is 1. The normalized spacial score (nSPS) is 17.6. The van der Waals surface area contributed by atoms with Crippen LogP contribution in [0.15, 0.2) is 35.2 Å². The fourth-order valence-electron chi connectivity index (χ4n) is 3.63. The van der Waals surface area contributed by atoms with Crippen LogP contribution in [0.5, 0.6) is 0 Å². The van der Waals surface area contributed by atoms with Gasteiger partial charge in [-0.1, -0.05) is 12.1 Å². The first-order valence-electron chi connectivity index (χ1n) is 9.47. The van der Waals surface area contributed by atoms with Gasteiger partial charge < -0.3 is 5.32 Å². The van der Waals surface area contributed by atoms with Gasteiger partial charge >= 0.3 is 0 Å². The highest BCUT2D eigenvalue weighted by molar-refractivity contribution is 7.07. The quantitative estimate of drug-likeness (QED) is 0.717. The lowest BCUT2D eigenvalue weighted by Crippen LogP contribution is -2.40. The molecule has 1 saturated heterocycles. The molecule has 28 heavy (non-hydrogen) atoms. The Hall–Kier alpha value is -2.58. The predicted molar refractivity (Wildman–Crippen MR) is 110 cm³/mol. The van der Waals surface area contributed by atoms with E-state index in [4.69, 9.17) is 0 Å². The van der Waals surface area contributed by atoms with Gasteiger partial charge in [0.2, 0.25) is 5.91 Å². The summed E-state index contributed by atoms with van der Waals surface area (Å²) in [7, 11) is 1.92. The summed E-state index contributed by atoms with van der Waals surface area (Å²) in [5.74, 6) is 1.79. The minimum absolute atomic E-state index is 0.0127. The first kappa shape index (κ1) is 18.8. The largest absolute Gasteiger partial charge is 0.326 e. The Morgan fingerprint density at radius 3 is 2.82 bits per heavy atom. The van der Waals surface area contributed by atoms with Crippen molar-refractivity contribution in [3.8, 4) is 11.3 Å². The van der Waals surface area contributed by atoms with E-state index in [1.165, 1.54) is 0 Å². The van der Waals surface area contributed by atoms with Gasteiger partial charge in [-0.25, -0.2) is 9.97 Å². The summed E-state index contributed by atoms with van der Waals surface area (Å²) in [5.41, 5.74) is 4.67. The molecule has 1 amide bonds. The van der Waals surface area contributed by atoms with Gasteiger partial charge in [-0.2, -0.15) is 5.10 Å². The lowest BCUT2D eigenvalue weighted by atomic mass is 9.97. The second kappa shape index (κ2) is 8.20. The fourth-order valence-corrected chi connectivity index (χ4v) is 4.19. The maximum absolute atomic E-state index is 12.8. The van der Waals surface area contributed by atoms with Crippen molar-refractivity contribution < 1.29 is 4.79 Å². The number of likely N-dealkylation sites (tertiary alicyclic amines) is 1. The van der Waals surface area contributed by atoms with E-state index in [1.807, 2.05) is 53.8 Å². The molecule has 1 unspecified atom stereocenters. The van der Waals surface area contributed by atoms with E-state index >= 15 is 0 Å². The van der Waals surface area contributed by atoms with E-state index in [-0.39, 0.29) is 11.8 Å². The summed E-state index contributed by atoms with van der Waals surface area (Å²) in [6.45, 7) is 4.35. The average Bonchev–Trinajstić information content (AvgIpc) is 3.33. The van der Waals surface area contributed by atoms with Crippen molar-refractivity contribution in [2.45, 2.75) is 26.3 Å². The van der Waals surface area contributed by atoms with Crippen LogP contribution in [0.2, 0.25) is 0 Å². The van der Waals surface area contributed by atoms with Crippen LogP contribution in [0.4, 0.5) is 5.69 Å². The van der Waals surface area contributed by atoms with Gasteiger partial charge in [-0.15, -0.1) is 11.3 Å². The van der Waals surface area contributed by atoms with E-state index in [0.29, 0.717) is 0 Å². The van der Waals surface area contributed by atoms with Crippen molar-refractivity contribution >= 4 is 22.9 Å². The highest BCUT2D eigenvalue weighted by Gasteiger charge is 2.26. The lowest BCUT2D eigenvalue weighted by Gasteiger charge is -2.31. The van der Waals surface area contributed by atoms with Gasteiger partial charge in [0.1, 0.15) is 11.6 Å². The molecule has 0 spiro atoms. The number of thiazole rings is 1. The van der Waals surface area contributed by atoms with Crippen LogP contribution < -0.4 is 5.32 Å². The predicted octanol–water partition coefficient (Wildman–Crippen LogP) is 3.10. The number of aromatic nitrogens is 4. The molecule has 0 bridgehead atoms. The van der Waals surface area contributed by atoms with Gasteiger partial charge in [-0.3, -0.25) is 14.4 Å². The molecule has 1 atom stereocenters. The molecule has 7 nitrogen and oxygen atoms in total. The summed E-state index contributed by atoms with van der Waals surface area (Å²) >= 11 is 1.58. The number of rotatable bonds is 5. The molecule has 146 valence electrons. The molecular weight excluding hydrogens is 372 g/mol. The second-order valence-electron chi connectivity index (χ2n) is 7.21. The molecule has 3 aromatic rings. The average molecular weight is 397 g/mol. The monoisotopic (exact) mass is 396 g/mol. The number of amides is 1. The Morgan fingerprint density at radius 2 is 2.14 bits per heavy atom. The van der Waals surface area contributed by atoms with Gasteiger partial charge in [0.25, 0.3) is 0 Å². The number of piperidine rings is 1. The summed E-state index contributed by atoms with van der Waals surface area (Å²) in [6, 6.07) is 7.87. The van der Waals surface area contributed by atoms with Gasteiger partial charge in [0, 0.05) is 30.2 Å². The van der Waals surface area contributed by atoms with Crippen LogP contribution >= 0.6 is 11.3 Å². The second-order valence-corrected chi connectivity index (χ2v) is 7.93. The molecule has 1 aromatic carbocycles. The highest BCUT2D eigenvalue weighted by Crippen LogP contribution is 2.23. The summed E-state index contributed by atoms with van der Waals surface area (Å²) in [4.78, 5) is 23.9. The van der Waals surface area contributed by atoms with Crippen LogP contribution in [-0.2, 0) is 18.4 Å². The highest BCUT2D eigenvalue weighted by atomic mass is 32.1. The Bertz CT molecular complexity index is 934. The zero-order valence-electron chi connectivity index (χ0n) is 16.1. The zero-order chi connectivity index (χ0) is 19.5. The Morgan fingerprint density at radius 1 is 1.32 bits per heavy atom. The Balaban J connectivity index is 1.35. The third kappa shape index (κ3) is 4.28. The van der Waals surface area contributed by atoms with E-state index in [0.717, 1.165) is 61.1 Å². The van der Waals surface area contributed by atoms with Crippen LogP contribution in [0.1, 0.15) is 24.5 Å². The number of hydrogen-bond acceptors (Lipinski definition) is 6. The van der Waals surface area contributed by atoms with Crippen LogP contribution in [0.25, 0.3) is 11.3 Å². The molecule has 4 rings (SSSR count). The first-order chi connectivity index (χ1) is 13.6. The van der Waals surface area contributed by atoms with Crippen LogP contribution in [0, 0.1) is 12.8 Å². The molecule has 8 heteroatoms. The Labute approximate surface area is 168 Å². The van der Waals surface area contributed by atoms with Crippen molar-refractivity contribution in [2.24, 2.45) is 13.0 Å². The van der Waals surface area contributed by atoms with Crippen molar-refractivity contribution in [1.29, 1.82) is 0 Å². The van der Waals surface area contributed by atoms with E-state index in [9.17, 15) is 4.79 Å². The zero-order valence-corrected chi connectivity index (χ0v) is 16.9. The van der Waals surface area contributed by atoms with Crippen molar-refractivity contribution in [3.63, 3.8) is 0 Å². The molecule has 1 fully saturated rings. The third-order valence-corrected chi connectivity index (χ3v) is 5.67. The van der Waals surface area contributed by atoms with Crippen molar-refractivity contribution in [2.75, 3.05) is 18.4 Å². The minimum Gasteiger partial charge on any atom is -0.326 e. The maximum atomic E-state index is 12.8. The summed E-state index contributed by atoms with van der Waals surface area (Å²) in [6.07, 6.45) is 1.93. The molecular formula is C20H24N6OS. The fraction of sp³-hybridized carbons (Fsp3) is 0.400. The third-order valence-electron chi connectivity index (χ3n) is 5.08. The lowest BCUT2D eigenvalue weighted by molar-refractivity contribution is -0.121. The van der Waals surface area contributed by atoms with Gasteiger partial charge in [0.15, 0.2) is 0 Å². The van der Waals surface area contributed by atoms with E-state index in [1.54, 1.807) is 11.3 Å². The number of hydrogen-bond donors (Lipinski definition) is 1. The minimum atomic E-state index is -0.0127. The van der Waals surface area contributed by atoms with Crippen LogP contribution in [0.3, 0.4) is 0 Å². The smallest absolute Gasteiger partial charge is 0.228 e. The van der Waals surface area contributed by atoms with Crippen LogP contribution in [-0.4, -0.2) is 43.6 Å². The van der Waals surface area contributed by atoms with E-state index in [2.05, 4.69) is 25.3 Å². The number of carbonyl (C=O) groups excluding carboxylic acids is 1. The maximum Gasteiger partial charge on any atom is 0.228 e.